The van der Waals surface area contributed by atoms with E-state index in [9.17, 15) is 14.7 Å². The zero-order valence-electron chi connectivity index (χ0n) is 34.9. The van der Waals surface area contributed by atoms with E-state index in [-0.39, 0.29) is 61.7 Å². The van der Waals surface area contributed by atoms with Crippen LogP contribution < -0.4 is 20.1 Å². The second kappa shape index (κ2) is 17.3. The van der Waals surface area contributed by atoms with E-state index >= 15 is 4.79 Å². The molecule has 3 N–H and O–H groups in total. The number of benzene rings is 5. The lowest BCUT2D eigenvalue weighted by molar-refractivity contribution is -0.150. The van der Waals surface area contributed by atoms with Gasteiger partial charge in [-0.1, -0.05) is 110 Å². The maximum absolute atomic E-state index is 15.3. The summed E-state index contributed by atoms with van der Waals surface area (Å²) in [7, 11) is -0.910. The van der Waals surface area contributed by atoms with Crippen LogP contribution in [0.1, 0.15) is 35.6 Å². The zero-order chi connectivity index (χ0) is 42.9. The van der Waals surface area contributed by atoms with Gasteiger partial charge < -0.3 is 34.7 Å². The predicted molar refractivity (Wildman–Crippen MR) is 243 cm³/mol. The molecule has 314 valence electrons. The van der Waals surface area contributed by atoms with Crippen LogP contribution in [-0.4, -0.2) is 67.2 Å². The van der Waals surface area contributed by atoms with E-state index in [0.29, 0.717) is 28.5 Å². The summed E-state index contributed by atoms with van der Waals surface area (Å²) in [6.45, 7) is 7.23. The second-order valence-corrected chi connectivity index (χ2v) is 21.8. The fourth-order valence-corrected chi connectivity index (χ4v) is 13.9. The molecule has 5 aromatic carbocycles. The monoisotopic (exact) mass is 854 g/mol. The molecule has 1 aromatic heterocycles. The maximum Gasteiger partial charge on any atom is 0.264 e. The molecule has 10 nitrogen and oxygen atoms in total. The number of carbonyl (C=O) groups is 3. The Bertz CT molecular complexity index is 2550. The normalized spacial score (nSPS) is 19.7. The van der Waals surface area contributed by atoms with Crippen molar-refractivity contribution in [2.24, 2.45) is 5.92 Å². The van der Waals surface area contributed by atoms with Crippen LogP contribution in [0.25, 0.3) is 10.9 Å². The number of ether oxygens (including phenoxy) is 2. The third-order valence-corrected chi connectivity index (χ3v) is 17.3. The number of carbonyl (C=O) groups excluding carboxylic acids is 3. The van der Waals surface area contributed by atoms with Gasteiger partial charge in [-0.25, -0.2) is 0 Å². The molecule has 2 aliphatic rings. The first kappa shape index (κ1) is 42.0. The molecule has 3 heterocycles. The topological polar surface area (TPSA) is 124 Å². The minimum atomic E-state index is -2.55. The molecular weight excluding hydrogens is 804 g/mol. The predicted octanol–water partition coefficient (Wildman–Crippen LogP) is 8.19. The molecular formula is C49H51ClN4O6Si. The summed E-state index contributed by atoms with van der Waals surface area (Å²) in [5.74, 6) is -0.0862. The molecule has 2 aliphatic heterocycles. The number of para-hydroxylation sites is 1. The first-order chi connectivity index (χ1) is 29.4. The number of methoxy groups -OCH3 is 1. The van der Waals surface area contributed by atoms with Gasteiger partial charge in [-0.2, -0.15) is 0 Å². The lowest BCUT2D eigenvalue weighted by Gasteiger charge is -2.37. The van der Waals surface area contributed by atoms with Gasteiger partial charge in [-0.3, -0.25) is 14.4 Å². The number of rotatable bonds is 14. The van der Waals surface area contributed by atoms with Crippen molar-refractivity contribution in [3.05, 3.63) is 155 Å². The number of amides is 3. The summed E-state index contributed by atoms with van der Waals surface area (Å²) in [6, 6.07) is 38.8. The Morgan fingerprint density at radius 3 is 2.39 bits per heavy atom. The molecule has 1 fully saturated rings. The molecule has 4 atom stereocenters. The van der Waals surface area contributed by atoms with Gasteiger partial charge >= 0.3 is 0 Å². The summed E-state index contributed by atoms with van der Waals surface area (Å²) in [5, 5.41) is 15.7. The summed E-state index contributed by atoms with van der Waals surface area (Å²) >= 11 is 6.74. The van der Waals surface area contributed by atoms with Crippen molar-refractivity contribution < 1.29 is 29.0 Å². The number of aromatic amines is 1. The summed E-state index contributed by atoms with van der Waals surface area (Å²) < 4.78 is 12.7. The van der Waals surface area contributed by atoms with Crippen molar-refractivity contribution >= 4 is 64.9 Å². The lowest BCUT2D eigenvalue weighted by Crippen LogP contribution is -2.52. The number of nitrogens with zero attached hydrogens (tertiary/aromatic N) is 2. The van der Waals surface area contributed by atoms with E-state index in [2.05, 4.69) is 42.5 Å². The largest absolute Gasteiger partial charge is 0.497 e. The molecule has 8 rings (SSSR count). The number of anilines is 2. The van der Waals surface area contributed by atoms with E-state index in [1.54, 1.807) is 23.0 Å². The molecule has 0 radical (unpaired) electrons. The highest BCUT2D eigenvalue weighted by Gasteiger charge is 2.66. The molecule has 0 bridgehead atoms. The molecule has 12 heteroatoms. The first-order valence-corrected chi connectivity index (χ1v) is 24.2. The van der Waals surface area contributed by atoms with Gasteiger partial charge in [0.2, 0.25) is 11.8 Å². The van der Waals surface area contributed by atoms with Crippen LogP contribution in [0, 0.1) is 5.92 Å². The van der Waals surface area contributed by atoms with E-state index in [1.165, 1.54) is 0 Å². The first-order valence-electron chi connectivity index (χ1n) is 20.7. The van der Waals surface area contributed by atoms with Gasteiger partial charge in [0.15, 0.2) is 5.60 Å². The quantitative estimate of drug-likeness (QED) is 0.0951. The number of aliphatic hydroxyl groups is 1. The van der Waals surface area contributed by atoms with Crippen molar-refractivity contribution in [3.8, 4) is 5.75 Å². The molecule has 61 heavy (non-hydrogen) atoms. The standard InChI is InChI=1S/C49H51ClN4O6Si/c1-32-47(61(3,4)39-21-19-38(59-2)20-22-39)44(28-46(57)53(24-25-55)30-33-10-6-5-7-11-33)60-49(32)41-27-36(50)16-23-43(41)54(48(49)58)31-34-14-17-37(18-15-34)52-45(56)26-35-29-51-42-13-9-8-12-40(35)42/h5-23,27,29,32,44,47,51,55H,24-26,28,30-31H2,1-4H3,(H,52,56)/t32-,44+,47-,49+/m1/s1. The zero-order valence-corrected chi connectivity index (χ0v) is 36.6. The highest BCUT2D eigenvalue weighted by molar-refractivity contribution is 6.91. The summed E-state index contributed by atoms with van der Waals surface area (Å²) in [5.41, 5.74) is 4.19. The lowest BCUT2D eigenvalue weighted by atomic mass is 9.82. The Morgan fingerprint density at radius 2 is 1.67 bits per heavy atom. The van der Waals surface area contributed by atoms with Crippen molar-refractivity contribution in [1.29, 1.82) is 0 Å². The highest BCUT2D eigenvalue weighted by Crippen LogP contribution is 2.60. The molecule has 1 saturated heterocycles. The third-order valence-electron chi connectivity index (χ3n) is 12.7. The van der Waals surface area contributed by atoms with Crippen LogP contribution in [0.5, 0.6) is 5.75 Å². The number of fused-ring (bicyclic) bond motifs is 3. The van der Waals surface area contributed by atoms with E-state index in [1.807, 2.05) is 109 Å². The van der Waals surface area contributed by atoms with Crippen LogP contribution >= 0.6 is 11.6 Å². The average molecular weight is 856 g/mol. The van der Waals surface area contributed by atoms with Gasteiger partial charge in [-0.15, -0.1) is 0 Å². The van der Waals surface area contributed by atoms with Crippen LogP contribution in [0.15, 0.2) is 128 Å². The Balaban J connectivity index is 1.09. The summed E-state index contributed by atoms with van der Waals surface area (Å²) in [6.07, 6.45) is 1.51. The Kier molecular flexibility index (Phi) is 11.9. The number of H-pyrrole nitrogens is 1. The fourth-order valence-electron chi connectivity index (χ4n) is 9.69. The number of halogens is 1. The van der Waals surface area contributed by atoms with Crippen molar-refractivity contribution in [1.82, 2.24) is 9.88 Å². The van der Waals surface area contributed by atoms with Crippen LogP contribution in [0.4, 0.5) is 11.4 Å². The van der Waals surface area contributed by atoms with Crippen molar-refractivity contribution in [2.45, 2.75) is 63.2 Å². The minimum Gasteiger partial charge on any atom is -0.497 e. The van der Waals surface area contributed by atoms with E-state index < -0.39 is 19.8 Å². The van der Waals surface area contributed by atoms with E-state index in [0.717, 1.165) is 38.5 Å². The summed E-state index contributed by atoms with van der Waals surface area (Å²) in [4.78, 5) is 49.5. The third kappa shape index (κ3) is 8.11. The SMILES string of the molecule is COc1ccc([Si](C)(C)[C@H]2[C@H](CC(=O)N(CCO)Cc3ccccc3)O[C@@]3(C(=O)N(Cc4ccc(NC(=O)Cc5c[nH]c6ccccc56)cc4)c4ccc(Cl)cc43)[C@@H]2C)cc1. The fraction of sp³-hybridized carbons (Fsp3) is 0.286. The maximum atomic E-state index is 15.3. The number of aromatic nitrogens is 1. The second-order valence-electron chi connectivity index (χ2n) is 16.7. The van der Waals surface area contributed by atoms with Crippen LogP contribution in [0.3, 0.4) is 0 Å². The number of aliphatic hydroxyl groups excluding tert-OH is 1. The number of nitrogens with one attached hydrogen (secondary N) is 2. The van der Waals surface area contributed by atoms with Gasteiger partial charge in [0, 0.05) is 52.4 Å². The minimum absolute atomic E-state index is 0.0346. The average Bonchev–Trinajstić information content (AvgIpc) is 3.88. The molecule has 0 aliphatic carbocycles. The number of hydrogen-bond donors (Lipinski definition) is 3. The van der Waals surface area contributed by atoms with Gasteiger partial charge in [0.25, 0.3) is 5.91 Å². The van der Waals surface area contributed by atoms with Crippen LogP contribution in [-0.2, 0) is 44.2 Å². The Hall–Kier alpha value is -5.72. The van der Waals surface area contributed by atoms with Gasteiger partial charge in [-0.05, 0) is 70.8 Å². The Labute approximate surface area is 362 Å². The Morgan fingerprint density at radius 1 is 0.951 bits per heavy atom. The molecule has 3 amide bonds. The highest BCUT2D eigenvalue weighted by atomic mass is 35.5. The van der Waals surface area contributed by atoms with E-state index in [4.69, 9.17) is 21.1 Å². The molecule has 0 saturated carbocycles. The molecule has 0 unspecified atom stereocenters. The number of hydrogen-bond acceptors (Lipinski definition) is 6. The molecule has 6 aromatic rings. The van der Waals surface area contributed by atoms with Crippen LogP contribution in [0.2, 0.25) is 23.7 Å². The van der Waals surface area contributed by atoms with Gasteiger partial charge in [0.1, 0.15) is 5.75 Å². The smallest absolute Gasteiger partial charge is 0.264 e. The van der Waals surface area contributed by atoms with Gasteiger partial charge in [0.05, 0.1) is 53.0 Å². The van der Waals surface area contributed by atoms with Crippen molar-refractivity contribution in [2.75, 3.05) is 30.5 Å². The van der Waals surface area contributed by atoms with Crippen molar-refractivity contribution in [3.63, 3.8) is 0 Å². The molecule has 1 spiro atoms.